The second-order valence-corrected chi connectivity index (χ2v) is 4.51. The number of hydrogen-bond donors (Lipinski definition) is 1. The number of imidazole rings is 1. The van der Waals surface area contributed by atoms with E-state index in [4.69, 9.17) is 4.42 Å². The molecule has 3 aromatic rings. The van der Waals surface area contributed by atoms with Gasteiger partial charge in [0, 0.05) is 37.6 Å². The van der Waals surface area contributed by atoms with Crippen LogP contribution in [0.4, 0.5) is 11.7 Å². The highest BCUT2D eigenvalue weighted by molar-refractivity contribution is 5.77. The van der Waals surface area contributed by atoms with Crippen LogP contribution in [0.2, 0.25) is 0 Å². The number of aryl methyl sites for hydroxylation is 1. The fraction of sp³-hybridized carbons (Fsp3) is 0.231. The predicted molar refractivity (Wildman–Crippen MR) is 76.0 cm³/mol. The van der Waals surface area contributed by atoms with Crippen molar-refractivity contribution in [2.24, 2.45) is 0 Å². The number of anilines is 1. The maximum absolute atomic E-state index is 10.7. The summed E-state index contributed by atoms with van der Waals surface area (Å²) in [6.07, 6.45) is 6.29. The lowest BCUT2D eigenvalue weighted by molar-refractivity contribution is -0.384. The lowest BCUT2D eigenvalue weighted by Crippen LogP contribution is -2.05. The van der Waals surface area contributed by atoms with Gasteiger partial charge in [-0.25, -0.2) is 4.98 Å². The Labute approximate surface area is 119 Å². The predicted octanol–water partition coefficient (Wildman–Crippen LogP) is 2.43. The van der Waals surface area contributed by atoms with E-state index in [9.17, 15) is 10.1 Å². The molecule has 1 N–H and O–H groups in total. The molecule has 2 heterocycles. The summed E-state index contributed by atoms with van der Waals surface area (Å²) in [5.74, 6) is 0. The number of fused-ring (bicyclic) bond motifs is 1. The van der Waals surface area contributed by atoms with Crippen molar-refractivity contribution in [3.05, 3.63) is 47.0 Å². The lowest BCUT2D eigenvalue weighted by atomic mass is 10.3. The lowest BCUT2D eigenvalue weighted by Gasteiger charge is -2.02. The first-order chi connectivity index (χ1) is 10.2. The smallest absolute Gasteiger partial charge is 0.295 e. The van der Waals surface area contributed by atoms with Gasteiger partial charge in [0.25, 0.3) is 11.7 Å². The van der Waals surface area contributed by atoms with Crippen molar-refractivity contribution in [2.75, 3.05) is 11.9 Å². The molecule has 2 aromatic heterocycles. The summed E-state index contributed by atoms with van der Waals surface area (Å²) in [4.78, 5) is 18.4. The second-order valence-electron chi connectivity index (χ2n) is 4.51. The molecule has 8 nitrogen and oxygen atoms in total. The van der Waals surface area contributed by atoms with Crippen LogP contribution >= 0.6 is 0 Å². The largest absolute Gasteiger partial charge is 0.424 e. The minimum Gasteiger partial charge on any atom is -0.424 e. The second kappa shape index (κ2) is 5.61. The van der Waals surface area contributed by atoms with E-state index >= 15 is 0 Å². The van der Waals surface area contributed by atoms with E-state index in [2.05, 4.69) is 15.3 Å². The number of non-ortho nitro benzene ring substituents is 1. The van der Waals surface area contributed by atoms with E-state index in [1.54, 1.807) is 18.6 Å². The number of hydrogen-bond acceptors (Lipinski definition) is 6. The van der Waals surface area contributed by atoms with Crippen LogP contribution in [0, 0.1) is 10.1 Å². The zero-order valence-corrected chi connectivity index (χ0v) is 11.1. The average Bonchev–Trinajstić information content (AvgIpc) is 3.11. The molecule has 0 atom stereocenters. The molecule has 0 unspecified atom stereocenters. The van der Waals surface area contributed by atoms with Crippen molar-refractivity contribution in [3.8, 4) is 0 Å². The fourth-order valence-electron chi connectivity index (χ4n) is 1.98. The summed E-state index contributed by atoms with van der Waals surface area (Å²) in [6.45, 7) is 1.53. The Morgan fingerprint density at radius 2 is 2.33 bits per heavy atom. The third-order valence-corrected chi connectivity index (χ3v) is 3.01. The topological polar surface area (TPSA) is 99.0 Å². The van der Waals surface area contributed by atoms with Gasteiger partial charge in [-0.3, -0.25) is 10.1 Å². The van der Waals surface area contributed by atoms with Crippen molar-refractivity contribution in [2.45, 2.75) is 13.0 Å². The molecule has 1 aromatic carbocycles. The molecule has 0 amide bonds. The Bertz CT molecular complexity index is 750. The number of nitrogens with one attached hydrogen (secondary N) is 1. The third-order valence-electron chi connectivity index (χ3n) is 3.01. The van der Waals surface area contributed by atoms with Gasteiger partial charge in [-0.2, -0.15) is 4.98 Å². The molecule has 0 saturated heterocycles. The molecule has 0 bridgehead atoms. The standard InChI is InChI=1S/C13H13N5O3/c19-18(20)10-2-3-12-11(8-10)16-13(21-12)15-4-1-6-17-7-5-14-9-17/h2-3,5,7-9H,1,4,6H2,(H,15,16). The van der Waals surface area contributed by atoms with Gasteiger partial charge < -0.3 is 14.3 Å². The van der Waals surface area contributed by atoms with Crippen LogP contribution in [0.5, 0.6) is 0 Å². The minimum absolute atomic E-state index is 0.00228. The first-order valence-electron chi connectivity index (χ1n) is 6.47. The number of rotatable bonds is 6. The summed E-state index contributed by atoms with van der Waals surface area (Å²) in [5.41, 5.74) is 1.00. The summed E-state index contributed by atoms with van der Waals surface area (Å²) >= 11 is 0. The van der Waals surface area contributed by atoms with Crippen molar-refractivity contribution in [1.82, 2.24) is 14.5 Å². The molecule has 0 aliphatic carbocycles. The van der Waals surface area contributed by atoms with Gasteiger partial charge in [0.1, 0.15) is 5.52 Å². The van der Waals surface area contributed by atoms with Crippen LogP contribution in [0.15, 0.2) is 41.3 Å². The highest BCUT2D eigenvalue weighted by Crippen LogP contribution is 2.23. The Hall–Kier alpha value is -2.90. The Kier molecular flexibility index (Phi) is 3.50. The number of nitrogens with zero attached hydrogens (tertiary/aromatic N) is 4. The van der Waals surface area contributed by atoms with Crippen LogP contribution in [0.25, 0.3) is 11.1 Å². The van der Waals surface area contributed by atoms with Gasteiger partial charge in [0.2, 0.25) is 0 Å². The van der Waals surface area contributed by atoms with E-state index in [1.807, 2.05) is 10.8 Å². The number of nitro groups is 1. The van der Waals surface area contributed by atoms with Crippen molar-refractivity contribution < 1.29 is 9.34 Å². The van der Waals surface area contributed by atoms with Crippen LogP contribution in [0.1, 0.15) is 6.42 Å². The monoisotopic (exact) mass is 287 g/mol. The van der Waals surface area contributed by atoms with Crippen molar-refractivity contribution in [3.63, 3.8) is 0 Å². The van der Waals surface area contributed by atoms with Gasteiger partial charge >= 0.3 is 0 Å². The zero-order valence-electron chi connectivity index (χ0n) is 11.1. The number of nitro benzene ring substituents is 1. The van der Waals surface area contributed by atoms with E-state index in [-0.39, 0.29) is 5.69 Å². The molecule has 108 valence electrons. The average molecular weight is 287 g/mol. The Morgan fingerprint density at radius 1 is 1.43 bits per heavy atom. The summed E-state index contributed by atoms with van der Waals surface area (Å²) in [7, 11) is 0. The first kappa shape index (κ1) is 13.1. The van der Waals surface area contributed by atoms with E-state index in [0.717, 1.165) is 13.0 Å². The number of oxazole rings is 1. The van der Waals surface area contributed by atoms with Crippen molar-refractivity contribution >= 4 is 22.8 Å². The van der Waals surface area contributed by atoms with E-state index in [0.29, 0.717) is 23.7 Å². The van der Waals surface area contributed by atoms with Crippen LogP contribution in [0.3, 0.4) is 0 Å². The molecule has 0 fully saturated rings. The van der Waals surface area contributed by atoms with Gasteiger partial charge in [-0.15, -0.1) is 0 Å². The molecule has 21 heavy (non-hydrogen) atoms. The normalized spacial score (nSPS) is 10.9. The Balaban J connectivity index is 1.60. The molecule has 0 saturated carbocycles. The molecule has 0 radical (unpaired) electrons. The van der Waals surface area contributed by atoms with Crippen LogP contribution in [-0.4, -0.2) is 26.0 Å². The van der Waals surface area contributed by atoms with Gasteiger partial charge in [-0.1, -0.05) is 0 Å². The fourth-order valence-corrected chi connectivity index (χ4v) is 1.98. The highest BCUT2D eigenvalue weighted by atomic mass is 16.6. The summed E-state index contributed by atoms with van der Waals surface area (Å²) in [6, 6.07) is 4.72. The quantitative estimate of drug-likeness (QED) is 0.424. The van der Waals surface area contributed by atoms with Gasteiger partial charge in [0.05, 0.1) is 11.3 Å². The third kappa shape index (κ3) is 2.99. The first-order valence-corrected chi connectivity index (χ1v) is 6.47. The maximum Gasteiger partial charge on any atom is 0.295 e. The highest BCUT2D eigenvalue weighted by Gasteiger charge is 2.11. The van der Waals surface area contributed by atoms with E-state index in [1.165, 1.54) is 12.1 Å². The molecule has 0 spiro atoms. The van der Waals surface area contributed by atoms with Gasteiger partial charge in [0.15, 0.2) is 5.58 Å². The Morgan fingerprint density at radius 3 is 3.10 bits per heavy atom. The number of aromatic nitrogens is 3. The van der Waals surface area contributed by atoms with Crippen molar-refractivity contribution in [1.29, 1.82) is 0 Å². The molecule has 0 aliphatic rings. The molecule has 8 heteroatoms. The van der Waals surface area contributed by atoms with E-state index < -0.39 is 4.92 Å². The summed E-state index contributed by atoms with van der Waals surface area (Å²) in [5, 5.41) is 13.8. The SMILES string of the molecule is O=[N+]([O-])c1ccc2oc(NCCCn3ccnc3)nc2c1. The molecule has 3 rings (SSSR count). The van der Waals surface area contributed by atoms with Crippen LogP contribution < -0.4 is 5.32 Å². The number of benzene rings is 1. The van der Waals surface area contributed by atoms with Gasteiger partial charge in [-0.05, 0) is 12.5 Å². The minimum atomic E-state index is -0.452. The molecular formula is C13H13N5O3. The zero-order chi connectivity index (χ0) is 14.7. The summed E-state index contributed by atoms with van der Waals surface area (Å²) < 4.78 is 7.46. The molecular weight excluding hydrogens is 274 g/mol. The maximum atomic E-state index is 10.7. The van der Waals surface area contributed by atoms with Crippen LogP contribution in [-0.2, 0) is 6.54 Å². The molecule has 0 aliphatic heterocycles.